The smallest absolute Gasteiger partial charge is 0.405 e. The summed E-state index contributed by atoms with van der Waals surface area (Å²) in [5.41, 5.74) is 5.56. The molecule has 4 N–H and O–H groups in total. The molecule has 0 unspecified atom stereocenters. The second-order valence-electron chi connectivity index (χ2n) is 3.99. The summed E-state index contributed by atoms with van der Waals surface area (Å²) in [7, 11) is 0. The molecule has 0 aromatic heterocycles. The average Bonchev–Trinajstić information content (AvgIpc) is 1.93. The molecular weight excluding hydrogens is 172 g/mol. The maximum absolute atomic E-state index is 10.4. The van der Waals surface area contributed by atoms with E-state index in [9.17, 15) is 4.79 Å². The van der Waals surface area contributed by atoms with Gasteiger partial charge < -0.3 is 20.9 Å². The van der Waals surface area contributed by atoms with E-state index in [1.807, 2.05) is 13.8 Å². The zero-order chi connectivity index (χ0) is 10.1. The average molecular weight is 188 g/mol. The molecule has 1 fully saturated rings. The highest BCUT2D eigenvalue weighted by molar-refractivity contribution is 5.65. The van der Waals surface area contributed by atoms with Crippen LogP contribution < -0.4 is 11.1 Å². The van der Waals surface area contributed by atoms with Crippen LogP contribution in [0, 0.1) is 0 Å². The zero-order valence-corrected chi connectivity index (χ0v) is 7.91. The number of carboxylic acid groups (broad SMARTS) is 1. The van der Waals surface area contributed by atoms with E-state index in [2.05, 4.69) is 5.32 Å². The second kappa shape index (κ2) is 3.51. The van der Waals surface area contributed by atoms with Crippen molar-refractivity contribution in [1.82, 2.24) is 5.32 Å². The van der Waals surface area contributed by atoms with E-state index in [0.29, 0.717) is 13.0 Å². The highest BCUT2D eigenvalue weighted by atomic mass is 16.5. The summed E-state index contributed by atoms with van der Waals surface area (Å²) >= 11 is 0. The first-order valence-corrected chi connectivity index (χ1v) is 4.30. The van der Waals surface area contributed by atoms with Crippen molar-refractivity contribution in [3.63, 3.8) is 0 Å². The highest BCUT2D eigenvalue weighted by Gasteiger charge is 2.34. The Kier molecular flexibility index (Phi) is 2.77. The number of nitrogens with two attached hydrogens (primary N) is 1. The molecule has 0 saturated carbocycles. The summed E-state index contributed by atoms with van der Waals surface area (Å²) < 4.78 is 5.44. The first-order valence-electron chi connectivity index (χ1n) is 4.30. The lowest BCUT2D eigenvalue weighted by atomic mass is 9.91. The van der Waals surface area contributed by atoms with E-state index >= 15 is 0 Å². The molecule has 1 amide bonds. The largest absolute Gasteiger partial charge is 0.465 e. The van der Waals surface area contributed by atoms with Gasteiger partial charge in [-0.2, -0.15) is 0 Å². The summed E-state index contributed by atoms with van der Waals surface area (Å²) in [4.78, 5) is 10.4. The lowest BCUT2D eigenvalue weighted by Crippen LogP contribution is -2.57. The minimum atomic E-state index is -1.05. The molecule has 1 saturated heterocycles. The lowest BCUT2D eigenvalue weighted by molar-refractivity contribution is -0.0716. The van der Waals surface area contributed by atoms with Crippen molar-refractivity contribution in [3.8, 4) is 0 Å². The van der Waals surface area contributed by atoms with Crippen LogP contribution in [0.2, 0.25) is 0 Å². The Morgan fingerprint density at radius 1 is 1.69 bits per heavy atom. The van der Waals surface area contributed by atoms with Gasteiger partial charge in [-0.25, -0.2) is 4.79 Å². The fraction of sp³-hybridized carbons (Fsp3) is 0.875. The van der Waals surface area contributed by atoms with Gasteiger partial charge in [-0.05, 0) is 20.3 Å². The lowest BCUT2D eigenvalue weighted by Gasteiger charge is -2.38. The maximum atomic E-state index is 10.4. The molecule has 5 nitrogen and oxygen atoms in total. The Morgan fingerprint density at radius 2 is 2.31 bits per heavy atom. The fourth-order valence-corrected chi connectivity index (χ4v) is 1.52. The van der Waals surface area contributed by atoms with Gasteiger partial charge in [0, 0.05) is 6.04 Å². The van der Waals surface area contributed by atoms with E-state index in [0.717, 1.165) is 0 Å². The van der Waals surface area contributed by atoms with Crippen molar-refractivity contribution in [1.29, 1.82) is 0 Å². The maximum Gasteiger partial charge on any atom is 0.405 e. The summed E-state index contributed by atoms with van der Waals surface area (Å²) in [6, 6.07) is -0.453. The first kappa shape index (κ1) is 10.3. The van der Waals surface area contributed by atoms with Crippen LogP contribution in [0.15, 0.2) is 0 Å². The number of nitrogens with one attached hydrogen (secondary N) is 1. The zero-order valence-electron chi connectivity index (χ0n) is 7.91. The molecule has 1 heterocycles. The Labute approximate surface area is 77.2 Å². The van der Waals surface area contributed by atoms with Crippen LogP contribution in [0.25, 0.3) is 0 Å². The minimum Gasteiger partial charge on any atom is -0.465 e. The van der Waals surface area contributed by atoms with E-state index in [1.165, 1.54) is 0 Å². The topological polar surface area (TPSA) is 84.6 Å². The van der Waals surface area contributed by atoms with Crippen LogP contribution in [-0.4, -0.2) is 35.5 Å². The van der Waals surface area contributed by atoms with Crippen molar-refractivity contribution in [3.05, 3.63) is 0 Å². The quantitative estimate of drug-likeness (QED) is 0.546. The third kappa shape index (κ3) is 2.86. The van der Waals surface area contributed by atoms with Gasteiger partial charge in [0.25, 0.3) is 0 Å². The van der Waals surface area contributed by atoms with E-state index in [-0.39, 0.29) is 17.7 Å². The van der Waals surface area contributed by atoms with Crippen LogP contribution in [0.3, 0.4) is 0 Å². The van der Waals surface area contributed by atoms with Crippen LogP contribution >= 0.6 is 0 Å². The SMILES string of the molecule is CC1(C)C[C@@H](N)[C@@H](NC(=O)O)CO1. The molecule has 0 spiro atoms. The molecule has 0 bridgehead atoms. The van der Waals surface area contributed by atoms with E-state index in [1.54, 1.807) is 0 Å². The first-order chi connectivity index (χ1) is 5.91. The molecule has 0 aromatic carbocycles. The Bertz CT molecular complexity index is 206. The third-order valence-corrected chi connectivity index (χ3v) is 2.21. The van der Waals surface area contributed by atoms with Crippen LogP contribution in [0.1, 0.15) is 20.3 Å². The number of hydrogen-bond acceptors (Lipinski definition) is 3. The molecule has 0 radical (unpaired) electrons. The predicted molar refractivity (Wildman–Crippen MR) is 47.6 cm³/mol. The molecule has 2 atom stereocenters. The molecule has 1 aliphatic heterocycles. The molecule has 76 valence electrons. The van der Waals surface area contributed by atoms with Gasteiger partial charge >= 0.3 is 6.09 Å². The monoisotopic (exact) mass is 188 g/mol. The van der Waals surface area contributed by atoms with Crippen LogP contribution in [0.4, 0.5) is 4.79 Å². The van der Waals surface area contributed by atoms with Gasteiger partial charge in [0.1, 0.15) is 0 Å². The number of ether oxygens (including phenoxy) is 1. The number of amides is 1. The number of carbonyl (C=O) groups is 1. The van der Waals surface area contributed by atoms with Gasteiger partial charge in [0.05, 0.1) is 18.2 Å². The Morgan fingerprint density at radius 3 is 2.77 bits per heavy atom. The third-order valence-electron chi connectivity index (χ3n) is 2.21. The Balaban J connectivity index is 2.49. The Hall–Kier alpha value is -0.810. The molecule has 1 rings (SSSR count). The van der Waals surface area contributed by atoms with E-state index in [4.69, 9.17) is 15.6 Å². The molecule has 13 heavy (non-hydrogen) atoms. The fourth-order valence-electron chi connectivity index (χ4n) is 1.52. The van der Waals surface area contributed by atoms with Crippen molar-refractivity contribution in [2.24, 2.45) is 5.73 Å². The second-order valence-corrected chi connectivity index (χ2v) is 3.99. The van der Waals surface area contributed by atoms with E-state index < -0.39 is 6.09 Å². The minimum absolute atomic E-state index is 0.167. The summed E-state index contributed by atoms with van der Waals surface area (Å²) in [5.74, 6) is 0. The number of rotatable bonds is 1. The molecule has 0 aromatic rings. The predicted octanol–water partition coefficient (Wildman–Crippen LogP) is 0.149. The molecular formula is C8H16N2O3. The van der Waals surface area contributed by atoms with Gasteiger partial charge in [-0.15, -0.1) is 0 Å². The van der Waals surface area contributed by atoms with Crippen LogP contribution in [0.5, 0.6) is 0 Å². The van der Waals surface area contributed by atoms with Crippen molar-refractivity contribution in [2.75, 3.05) is 6.61 Å². The molecule has 0 aliphatic carbocycles. The van der Waals surface area contributed by atoms with Crippen LogP contribution in [-0.2, 0) is 4.74 Å². The number of hydrogen-bond donors (Lipinski definition) is 3. The highest BCUT2D eigenvalue weighted by Crippen LogP contribution is 2.22. The van der Waals surface area contributed by atoms with Gasteiger partial charge in [0.15, 0.2) is 0 Å². The van der Waals surface area contributed by atoms with Crippen molar-refractivity contribution >= 4 is 6.09 Å². The normalized spacial score (nSPS) is 32.5. The van der Waals surface area contributed by atoms with Gasteiger partial charge in [-0.3, -0.25) is 0 Å². The summed E-state index contributed by atoms with van der Waals surface area (Å²) in [6.45, 7) is 4.24. The summed E-state index contributed by atoms with van der Waals surface area (Å²) in [6.07, 6.45) is -0.387. The summed E-state index contributed by atoms with van der Waals surface area (Å²) in [5, 5.41) is 10.8. The molecule has 5 heteroatoms. The standard InChI is InChI=1S/C8H16N2O3/c1-8(2)3-5(9)6(4-13-8)10-7(11)12/h5-6,10H,3-4,9H2,1-2H3,(H,11,12)/t5-,6+/m1/s1. The van der Waals surface area contributed by atoms with Gasteiger partial charge in [0.2, 0.25) is 0 Å². The van der Waals surface area contributed by atoms with Crippen molar-refractivity contribution < 1.29 is 14.6 Å². The van der Waals surface area contributed by atoms with Crippen molar-refractivity contribution in [2.45, 2.75) is 38.0 Å². The van der Waals surface area contributed by atoms with Gasteiger partial charge in [-0.1, -0.05) is 0 Å². The molecule has 1 aliphatic rings.